The summed E-state index contributed by atoms with van der Waals surface area (Å²) in [5.74, 6) is -0.505. The van der Waals surface area contributed by atoms with Crippen molar-refractivity contribution in [3.63, 3.8) is 0 Å². The van der Waals surface area contributed by atoms with Gasteiger partial charge in [0.25, 0.3) is 0 Å². The van der Waals surface area contributed by atoms with Crippen LogP contribution >= 0.6 is 0 Å². The normalized spacial score (nSPS) is 11.5. The molecule has 0 saturated heterocycles. The van der Waals surface area contributed by atoms with Crippen LogP contribution in [-0.4, -0.2) is 18.7 Å². The number of ether oxygens (including phenoxy) is 1. The Morgan fingerprint density at radius 3 is 2.36 bits per heavy atom. The van der Waals surface area contributed by atoms with Gasteiger partial charge in [0.2, 0.25) is 0 Å². The third-order valence-electron chi connectivity index (χ3n) is 4.42. The van der Waals surface area contributed by atoms with Gasteiger partial charge in [-0.05, 0) is 29.5 Å². The van der Waals surface area contributed by atoms with Crippen molar-refractivity contribution in [1.29, 1.82) is 0 Å². The predicted octanol–water partition coefficient (Wildman–Crippen LogP) is 5.73. The monoisotopic (exact) mass is 386 g/mol. The first-order valence-electron chi connectivity index (χ1n) is 9.52. The molecular formula is C22H26O6. The molecule has 0 bridgehead atoms. The molecule has 0 spiro atoms. The molecule has 2 aromatic rings. The number of unbranched alkanes of at least 4 members (excludes halogenated alkanes) is 1. The Morgan fingerprint density at radius 2 is 1.64 bits per heavy atom. The van der Waals surface area contributed by atoms with Crippen molar-refractivity contribution >= 4 is 12.1 Å². The fourth-order valence-electron chi connectivity index (χ4n) is 2.76. The van der Waals surface area contributed by atoms with Gasteiger partial charge in [0.1, 0.15) is 0 Å². The van der Waals surface area contributed by atoms with Crippen LogP contribution in [0, 0.1) is 5.92 Å². The van der Waals surface area contributed by atoms with Gasteiger partial charge in [-0.3, -0.25) is 4.89 Å². The van der Waals surface area contributed by atoms with Gasteiger partial charge in [-0.2, -0.15) is 0 Å². The topological polar surface area (TPSA) is 71.1 Å². The van der Waals surface area contributed by atoms with Gasteiger partial charge in [-0.1, -0.05) is 81.6 Å². The summed E-state index contributed by atoms with van der Waals surface area (Å²) in [6, 6.07) is 16.3. The van der Waals surface area contributed by atoms with E-state index in [-0.39, 0.29) is 18.1 Å². The number of rotatable bonds is 10. The molecule has 150 valence electrons. The number of hydrogen-bond donors (Lipinski definition) is 0. The van der Waals surface area contributed by atoms with Crippen LogP contribution in [-0.2, 0) is 19.6 Å². The molecule has 28 heavy (non-hydrogen) atoms. The zero-order chi connectivity index (χ0) is 20.2. The summed E-state index contributed by atoms with van der Waals surface area (Å²) in [4.78, 5) is 32.8. The van der Waals surface area contributed by atoms with E-state index in [1.165, 1.54) is 0 Å². The molecule has 0 aliphatic rings. The summed E-state index contributed by atoms with van der Waals surface area (Å²) in [5.41, 5.74) is 1.82. The summed E-state index contributed by atoms with van der Waals surface area (Å²) < 4.78 is 5.00. The molecule has 0 amide bonds. The van der Waals surface area contributed by atoms with E-state index < -0.39 is 12.1 Å². The van der Waals surface area contributed by atoms with Gasteiger partial charge in [-0.15, -0.1) is 0 Å². The molecule has 2 rings (SSSR count). The summed E-state index contributed by atoms with van der Waals surface area (Å²) in [6.45, 7) is 4.39. The molecule has 6 heteroatoms. The van der Waals surface area contributed by atoms with Gasteiger partial charge in [0, 0.05) is 0 Å². The van der Waals surface area contributed by atoms with Crippen LogP contribution in [0.25, 0.3) is 11.1 Å². The van der Waals surface area contributed by atoms with Crippen molar-refractivity contribution < 1.29 is 29.1 Å². The number of hydrogen-bond acceptors (Lipinski definition) is 6. The summed E-state index contributed by atoms with van der Waals surface area (Å²) in [7, 11) is 0. The Bertz CT molecular complexity index is 744. The van der Waals surface area contributed by atoms with Crippen molar-refractivity contribution in [3.05, 3.63) is 60.2 Å². The lowest BCUT2D eigenvalue weighted by atomic mass is 10.00. The fourth-order valence-corrected chi connectivity index (χ4v) is 2.76. The first kappa shape index (κ1) is 21.4. The highest BCUT2D eigenvalue weighted by molar-refractivity contribution is 5.96. The van der Waals surface area contributed by atoms with Crippen LogP contribution in [0.5, 0.6) is 0 Å². The standard InChI is InChI=1S/C22H26O6/c1-3-5-11-17(4-2)16-25-22(24)27-28-26-21(23)20-15-10-9-14-19(20)18-12-7-6-8-13-18/h6-10,12-15,17H,3-5,11,16H2,1-2H3. The minimum absolute atomic E-state index is 0.240. The maximum Gasteiger partial charge on any atom is 0.543 e. The summed E-state index contributed by atoms with van der Waals surface area (Å²) in [6.07, 6.45) is 3.00. The highest BCUT2D eigenvalue weighted by atomic mass is 17.5. The lowest BCUT2D eigenvalue weighted by Gasteiger charge is -2.13. The third kappa shape index (κ3) is 6.70. The van der Waals surface area contributed by atoms with E-state index in [4.69, 9.17) is 4.74 Å². The second-order valence-corrected chi connectivity index (χ2v) is 6.41. The van der Waals surface area contributed by atoms with Crippen LogP contribution in [0.4, 0.5) is 4.79 Å². The Labute approximate surface area is 165 Å². The summed E-state index contributed by atoms with van der Waals surface area (Å²) in [5, 5.41) is 4.33. The van der Waals surface area contributed by atoms with E-state index in [1.807, 2.05) is 43.3 Å². The summed E-state index contributed by atoms with van der Waals surface area (Å²) >= 11 is 0. The van der Waals surface area contributed by atoms with Gasteiger partial charge < -0.3 is 4.74 Å². The van der Waals surface area contributed by atoms with Gasteiger partial charge >= 0.3 is 12.1 Å². The smallest absolute Gasteiger partial charge is 0.432 e. The number of carbonyl (C=O) groups is 2. The zero-order valence-electron chi connectivity index (χ0n) is 16.3. The van der Waals surface area contributed by atoms with Crippen LogP contribution in [0.1, 0.15) is 49.9 Å². The molecule has 0 N–H and O–H groups in total. The van der Waals surface area contributed by atoms with E-state index in [9.17, 15) is 9.59 Å². The molecule has 1 unspecified atom stereocenters. The second kappa shape index (κ2) is 11.8. The Morgan fingerprint density at radius 1 is 0.929 bits per heavy atom. The predicted molar refractivity (Wildman–Crippen MR) is 104 cm³/mol. The first-order chi connectivity index (χ1) is 13.7. The van der Waals surface area contributed by atoms with Crippen LogP contribution in [0.3, 0.4) is 0 Å². The average molecular weight is 386 g/mol. The van der Waals surface area contributed by atoms with E-state index in [0.717, 1.165) is 31.2 Å². The van der Waals surface area contributed by atoms with E-state index in [2.05, 4.69) is 21.7 Å². The molecule has 0 fully saturated rings. The van der Waals surface area contributed by atoms with Crippen LogP contribution in [0.15, 0.2) is 54.6 Å². The maximum atomic E-state index is 12.3. The van der Waals surface area contributed by atoms with Gasteiger partial charge in [-0.25, -0.2) is 14.5 Å². The molecule has 0 aliphatic carbocycles. The minimum atomic E-state index is -1.04. The lowest BCUT2D eigenvalue weighted by molar-refractivity contribution is -0.452. The molecule has 0 heterocycles. The molecule has 0 radical (unpaired) electrons. The highest BCUT2D eigenvalue weighted by Gasteiger charge is 2.17. The van der Waals surface area contributed by atoms with Crippen molar-refractivity contribution in [2.75, 3.05) is 6.61 Å². The van der Waals surface area contributed by atoms with Gasteiger partial charge in [0.15, 0.2) is 0 Å². The molecular weight excluding hydrogens is 360 g/mol. The first-order valence-corrected chi connectivity index (χ1v) is 9.52. The number of carbonyl (C=O) groups excluding carboxylic acids is 2. The van der Waals surface area contributed by atoms with Crippen LogP contribution in [0.2, 0.25) is 0 Å². The molecule has 2 aromatic carbocycles. The highest BCUT2D eigenvalue weighted by Crippen LogP contribution is 2.24. The second-order valence-electron chi connectivity index (χ2n) is 6.41. The molecule has 0 aliphatic heterocycles. The lowest BCUT2D eigenvalue weighted by Crippen LogP contribution is -2.16. The molecule has 0 saturated carbocycles. The zero-order valence-corrected chi connectivity index (χ0v) is 16.3. The molecule has 1 atom stereocenters. The van der Waals surface area contributed by atoms with E-state index in [1.54, 1.807) is 18.2 Å². The SMILES string of the molecule is CCCCC(CC)COC(=O)OOOC(=O)c1ccccc1-c1ccccc1. The average Bonchev–Trinajstić information content (AvgIpc) is 2.74. The van der Waals surface area contributed by atoms with Crippen molar-refractivity contribution in [1.82, 2.24) is 0 Å². The van der Waals surface area contributed by atoms with E-state index in [0.29, 0.717) is 5.56 Å². The minimum Gasteiger partial charge on any atom is -0.432 e. The van der Waals surface area contributed by atoms with Crippen molar-refractivity contribution in [3.8, 4) is 11.1 Å². The number of benzene rings is 2. The largest absolute Gasteiger partial charge is 0.543 e. The fraction of sp³-hybridized carbons (Fsp3) is 0.364. The molecule has 6 nitrogen and oxygen atoms in total. The van der Waals surface area contributed by atoms with Crippen LogP contribution < -0.4 is 0 Å². The van der Waals surface area contributed by atoms with E-state index >= 15 is 0 Å². The third-order valence-corrected chi connectivity index (χ3v) is 4.42. The maximum absolute atomic E-state index is 12.3. The van der Waals surface area contributed by atoms with Gasteiger partial charge in [0.05, 0.1) is 17.2 Å². The van der Waals surface area contributed by atoms with Crippen molar-refractivity contribution in [2.24, 2.45) is 5.92 Å². The Hall–Kier alpha value is -2.86. The quantitative estimate of drug-likeness (QED) is 0.295. The molecule has 0 aromatic heterocycles. The Kier molecular flexibility index (Phi) is 9.01. The Balaban J connectivity index is 1.82. The van der Waals surface area contributed by atoms with Crippen molar-refractivity contribution in [2.45, 2.75) is 39.5 Å².